The van der Waals surface area contributed by atoms with Crippen molar-refractivity contribution < 1.29 is 9.53 Å². The van der Waals surface area contributed by atoms with Crippen molar-refractivity contribution in [1.82, 2.24) is 0 Å². The molecule has 0 amide bonds. The quantitative estimate of drug-likeness (QED) is 0.433. The van der Waals surface area contributed by atoms with E-state index in [-0.39, 0.29) is 5.30 Å². The van der Waals surface area contributed by atoms with Crippen LogP contribution in [0.25, 0.3) is 0 Å². The predicted octanol–water partition coefficient (Wildman–Crippen LogP) is 2.66. The highest BCUT2D eigenvalue weighted by Crippen LogP contribution is 2.12. The van der Waals surface area contributed by atoms with E-state index in [0.717, 1.165) is 0 Å². The van der Waals surface area contributed by atoms with Crippen LogP contribution in [-0.4, -0.2) is 15.2 Å². The Bertz CT molecular complexity index is 95.0. The number of halogens is 1. The maximum absolute atomic E-state index is 10.6. The zero-order chi connectivity index (χ0) is 7.28. The van der Waals surface area contributed by atoms with Gasteiger partial charge in [-0.2, -0.15) is 0 Å². The highest BCUT2D eigenvalue weighted by Gasteiger charge is 2.04. The molecule has 0 radical (unpaired) electrons. The third kappa shape index (κ3) is 6.44. The fourth-order valence-electron chi connectivity index (χ4n) is 0.271. The Morgan fingerprint density at radius 1 is 1.78 bits per heavy atom. The van der Waals surface area contributed by atoms with E-state index in [1.54, 1.807) is 0 Å². The first kappa shape index (κ1) is 9.55. The molecule has 0 saturated carbocycles. The van der Waals surface area contributed by atoms with Gasteiger partial charge < -0.3 is 4.74 Å². The van der Waals surface area contributed by atoms with Gasteiger partial charge >= 0.3 is 5.30 Å². The topological polar surface area (TPSA) is 26.3 Å². The third-order valence-electron chi connectivity index (χ3n) is 0.504. The summed E-state index contributed by atoms with van der Waals surface area (Å²) in [6, 6.07) is 0. The number of rotatable bonds is 2. The second-order valence-corrected chi connectivity index (χ2v) is 3.80. The van der Waals surface area contributed by atoms with Gasteiger partial charge in [-0.25, -0.2) is 4.79 Å². The summed E-state index contributed by atoms with van der Waals surface area (Å²) in [6.07, 6.45) is 0. The molecule has 0 fully saturated rings. The first-order valence-electron chi connectivity index (χ1n) is 2.56. The molecule has 0 rings (SSSR count). The molecule has 0 heterocycles. The number of ether oxygens (including phenoxy) is 1. The summed E-state index contributed by atoms with van der Waals surface area (Å²) in [6.45, 7) is 3.91. The first-order chi connectivity index (χ1) is 4.16. The fraction of sp³-hybridized carbons (Fsp3) is 0.800. The molecule has 0 aliphatic rings. The lowest BCUT2D eigenvalue weighted by molar-refractivity contribution is 0.198. The van der Waals surface area contributed by atoms with Crippen molar-refractivity contribution in [2.45, 2.75) is 19.1 Å². The van der Waals surface area contributed by atoms with E-state index in [1.807, 2.05) is 36.4 Å². The number of carbonyl (C=O) groups is 1. The molecule has 0 N–H and O–H groups in total. The Labute approximate surface area is 72.9 Å². The molecule has 0 aromatic rings. The molecule has 4 heteroatoms. The number of hydrogen-bond donors (Lipinski definition) is 0. The Morgan fingerprint density at radius 2 is 2.33 bits per heavy atom. The Balaban J connectivity index is 3.27. The van der Waals surface area contributed by atoms with Crippen LogP contribution in [0.15, 0.2) is 0 Å². The molecular weight excluding hydrogens is 251 g/mol. The number of carbonyl (C=O) groups excluding carboxylic acids is 1. The van der Waals surface area contributed by atoms with E-state index >= 15 is 0 Å². The van der Waals surface area contributed by atoms with Gasteiger partial charge in [0.05, 0.1) is 0 Å². The maximum atomic E-state index is 10.6. The Morgan fingerprint density at radius 3 is 2.67 bits per heavy atom. The van der Waals surface area contributed by atoms with Crippen LogP contribution in [0.1, 0.15) is 13.8 Å². The van der Waals surface area contributed by atoms with Gasteiger partial charge in [0.1, 0.15) is 4.61 Å². The van der Waals surface area contributed by atoms with Crippen LogP contribution < -0.4 is 0 Å². The summed E-state index contributed by atoms with van der Waals surface area (Å²) < 4.78 is 5.10. The second kappa shape index (κ2) is 5.34. The van der Waals surface area contributed by atoms with Gasteiger partial charge in [-0.15, -0.1) is 0 Å². The van der Waals surface area contributed by atoms with E-state index in [4.69, 9.17) is 0 Å². The van der Waals surface area contributed by atoms with Crippen molar-refractivity contribution in [3.63, 3.8) is 0 Å². The Hall–Kier alpha value is 0.550. The van der Waals surface area contributed by atoms with E-state index in [2.05, 4.69) is 4.74 Å². The second-order valence-electron chi connectivity index (χ2n) is 1.67. The molecule has 0 atom stereocenters. The average Bonchev–Trinajstić information content (AvgIpc) is 1.63. The van der Waals surface area contributed by atoms with Gasteiger partial charge in [-0.1, -0.05) is 13.8 Å². The van der Waals surface area contributed by atoms with E-state index in [9.17, 15) is 4.79 Å². The van der Waals surface area contributed by atoms with Crippen molar-refractivity contribution >= 4 is 39.7 Å². The minimum Gasteiger partial charge on any atom is -0.447 e. The zero-order valence-electron chi connectivity index (χ0n) is 5.39. The lowest BCUT2D eigenvalue weighted by Crippen LogP contribution is -1.99. The van der Waals surface area contributed by atoms with E-state index in [0.29, 0.717) is 9.86 Å². The van der Waals surface area contributed by atoms with Crippen molar-refractivity contribution in [3.05, 3.63) is 0 Å². The predicted molar refractivity (Wildman–Crippen MR) is 48.1 cm³/mol. The monoisotopic (exact) mass is 260 g/mol. The molecular formula is C5H9IO2S. The summed E-state index contributed by atoms with van der Waals surface area (Å²) in [5.74, 6) is 0. The number of thioether (sulfide) groups is 1. The van der Waals surface area contributed by atoms with Crippen LogP contribution in [0, 0.1) is 0 Å². The lowest BCUT2D eigenvalue weighted by atomic mass is 10.6. The van der Waals surface area contributed by atoms with Crippen molar-refractivity contribution in [2.24, 2.45) is 0 Å². The molecule has 0 aromatic heterocycles. The number of hydrogen-bond acceptors (Lipinski definition) is 3. The highest BCUT2D eigenvalue weighted by molar-refractivity contribution is 14.1. The summed E-state index contributed by atoms with van der Waals surface area (Å²) >= 11 is 3.21. The SMILES string of the molecule is CC(C)SC(=O)OCI. The van der Waals surface area contributed by atoms with Gasteiger partial charge in [0.25, 0.3) is 0 Å². The molecule has 0 aromatic carbocycles. The van der Waals surface area contributed by atoms with Crippen LogP contribution in [0.4, 0.5) is 4.79 Å². The Kier molecular flexibility index (Phi) is 5.67. The molecule has 9 heavy (non-hydrogen) atoms. The van der Waals surface area contributed by atoms with Crippen molar-refractivity contribution in [3.8, 4) is 0 Å². The summed E-state index contributed by atoms with van der Waals surface area (Å²) in [5, 5.41) is 0.139. The van der Waals surface area contributed by atoms with Gasteiger partial charge in [-0.05, 0) is 34.4 Å². The minimum absolute atomic E-state index is 0.181. The number of alkyl halides is 1. The molecule has 0 unspecified atom stereocenters. The molecule has 0 spiro atoms. The first-order valence-corrected chi connectivity index (χ1v) is 4.96. The van der Waals surface area contributed by atoms with Crippen molar-refractivity contribution in [2.75, 3.05) is 4.61 Å². The molecule has 54 valence electrons. The molecule has 0 aliphatic carbocycles. The van der Waals surface area contributed by atoms with Crippen LogP contribution in [0.3, 0.4) is 0 Å². The zero-order valence-corrected chi connectivity index (χ0v) is 8.36. The third-order valence-corrected chi connectivity index (χ3v) is 1.60. The highest BCUT2D eigenvalue weighted by atomic mass is 127. The van der Waals surface area contributed by atoms with Crippen LogP contribution in [0.2, 0.25) is 0 Å². The summed E-state index contributed by atoms with van der Waals surface area (Å²) in [7, 11) is 0. The summed E-state index contributed by atoms with van der Waals surface area (Å²) in [4.78, 5) is 10.6. The molecule has 0 aliphatic heterocycles. The van der Waals surface area contributed by atoms with Gasteiger partial charge in [0.15, 0.2) is 0 Å². The fourth-order valence-corrected chi connectivity index (χ4v) is 1.28. The van der Waals surface area contributed by atoms with Gasteiger partial charge in [0, 0.05) is 5.25 Å². The van der Waals surface area contributed by atoms with E-state index < -0.39 is 0 Å². The summed E-state index contributed by atoms with van der Waals surface area (Å²) in [5.41, 5.74) is 0. The van der Waals surface area contributed by atoms with Crippen LogP contribution >= 0.6 is 34.4 Å². The largest absolute Gasteiger partial charge is 0.447 e. The maximum Gasteiger partial charge on any atom is 0.368 e. The molecule has 0 saturated heterocycles. The van der Waals surface area contributed by atoms with Crippen molar-refractivity contribution in [1.29, 1.82) is 0 Å². The lowest BCUT2D eigenvalue weighted by Gasteiger charge is -2.01. The van der Waals surface area contributed by atoms with E-state index in [1.165, 1.54) is 11.8 Å². The molecule has 2 nitrogen and oxygen atoms in total. The standard InChI is InChI=1S/C5H9IO2S/c1-4(2)9-5(7)8-3-6/h4H,3H2,1-2H3. The van der Waals surface area contributed by atoms with Crippen LogP contribution in [-0.2, 0) is 4.74 Å². The van der Waals surface area contributed by atoms with Gasteiger partial charge in [-0.3, -0.25) is 0 Å². The smallest absolute Gasteiger partial charge is 0.368 e. The normalized spacial score (nSPS) is 9.78. The van der Waals surface area contributed by atoms with Gasteiger partial charge in [0.2, 0.25) is 0 Å². The minimum atomic E-state index is -0.181. The molecule has 0 bridgehead atoms. The average molecular weight is 260 g/mol. The van der Waals surface area contributed by atoms with Crippen LogP contribution in [0.5, 0.6) is 0 Å².